The Morgan fingerprint density at radius 2 is 2.14 bits per heavy atom. The molecule has 1 atom stereocenters. The van der Waals surface area contributed by atoms with E-state index in [1.165, 1.54) is 10.4 Å². The fraction of sp³-hybridized carbons (Fsp3) is 0.353. The van der Waals surface area contributed by atoms with Crippen LogP contribution in [0.3, 0.4) is 0 Å². The van der Waals surface area contributed by atoms with Crippen molar-refractivity contribution in [3.05, 3.63) is 52.2 Å². The zero-order valence-corrected chi connectivity index (χ0v) is 13.2. The molecule has 0 radical (unpaired) electrons. The van der Waals surface area contributed by atoms with Gasteiger partial charge in [0.15, 0.2) is 0 Å². The molecule has 1 amide bonds. The minimum Gasteiger partial charge on any atom is -0.373 e. The van der Waals surface area contributed by atoms with Gasteiger partial charge < -0.3 is 10.6 Å². The molecule has 0 fully saturated rings. The van der Waals surface area contributed by atoms with Crippen LogP contribution in [0.25, 0.3) is 0 Å². The summed E-state index contributed by atoms with van der Waals surface area (Å²) in [5, 5.41) is 8.47. The molecule has 0 spiro atoms. The lowest BCUT2D eigenvalue weighted by Crippen LogP contribution is -2.43. The van der Waals surface area contributed by atoms with E-state index in [4.69, 9.17) is 0 Å². The number of anilines is 1. The fourth-order valence-corrected chi connectivity index (χ4v) is 3.49. The molecule has 1 aromatic carbocycles. The maximum absolute atomic E-state index is 12.4. The molecule has 110 valence electrons. The number of thiophene rings is 1. The van der Waals surface area contributed by atoms with Gasteiger partial charge in [0.1, 0.15) is 6.04 Å². The first kappa shape index (κ1) is 14.1. The van der Waals surface area contributed by atoms with Crippen molar-refractivity contribution in [2.45, 2.75) is 31.7 Å². The minimum atomic E-state index is -0.151. The Labute approximate surface area is 129 Å². The van der Waals surface area contributed by atoms with Crippen LogP contribution in [0.2, 0.25) is 0 Å². The average Bonchev–Trinajstić information content (AvgIpc) is 3.13. The zero-order valence-electron chi connectivity index (χ0n) is 12.3. The van der Waals surface area contributed by atoms with E-state index in [9.17, 15) is 4.79 Å². The summed E-state index contributed by atoms with van der Waals surface area (Å²) in [5.74, 6) is 0.0795. The molecule has 3 rings (SSSR count). The normalized spacial score (nSPS) is 17.1. The smallest absolute Gasteiger partial charge is 0.242 e. The highest BCUT2D eigenvalue weighted by Crippen LogP contribution is 2.28. The highest BCUT2D eigenvalue weighted by Gasteiger charge is 2.28. The summed E-state index contributed by atoms with van der Waals surface area (Å²) in [4.78, 5) is 13.7. The number of nitrogens with one attached hydrogen (secondary N) is 2. The molecule has 4 heteroatoms. The molecule has 0 bridgehead atoms. The molecule has 3 nitrogen and oxygen atoms in total. The average molecular weight is 300 g/mol. The third-order valence-corrected chi connectivity index (χ3v) is 5.22. The predicted molar refractivity (Wildman–Crippen MR) is 87.9 cm³/mol. The highest BCUT2D eigenvalue weighted by molar-refractivity contribution is 7.10. The molecule has 1 aliphatic heterocycles. The van der Waals surface area contributed by atoms with Crippen LogP contribution in [0.15, 0.2) is 41.8 Å². The Morgan fingerprint density at radius 3 is 2.86 bits per heavy atom. The molecule has 21 heavy (non-hydrogen) atoms. The first-order valence-corrected chi connectivity index (χ1v) is 8.10. The largest absolute Gasteiger partial charge is 0.373 e. The molecular weight excluding hydrogens is 280 g/mol. The summed E-state index contributed by atoms with van der Waals surface area (Å²) in [5.41, 5.74) is 2.26. The number of hydrogen-bond donors (Lipinski definition) is 2. The van der Waals surface area contributed by atoms with Crippen molar-refractivity contribution in [1.82, 2.24) is 5.32 Å². The standard InChI is InChI=1S/C17H20N2OS/c1-17(2,15-8-5-9-21-15)11-18-16(20)14-10-12-6-3-4-7-13(12)19-14/h3-9,14,19H,10-11H2,1-2H3,(H,18,20). The van der Waals surface area contributed by atoms with Crippen molar-refractivity contribution in [1.29, 1.82) is 0 Å². The molecule has 0 aliphatic carbocycles. The van der Waals surface area contributed by atoms with Crippen LogP contribution in [0, 0.1) is 0 Å². The van der Waals surface area contributed by atoms with Crippen LogP contribution in [-0.2, 0) is 16.6 Å². The molecule has 2 aromatic rings. The van der Waals surface area contributed by atoms with E-state index in [1.807, 2.05) is 18.2 Å². The maximum atomic E-state index is 12.4. The monoisotopic (exact) mass is 300 g/mol. The number of amides is 1. The minimum absolute atomic E-state index is 0.0325. The van der Waals surface area contributed by atoms with Gasteiger partial charge in [-0.15, -0.1) is 11.3 Å². The van der Waals surface area contributed by atoms with Crippen LogP contribution in [0.4, 0.5) is 5.69 Å². The lowest BCUT2D eigenvalue weighted by molar-refractivity contribution is -0.121. The van der Waals surface area contributed by atoms with Crippen LogP contribution >= 0.6 is 11.3 Å². The molecular formula is C17H20N2OS. The quantitative estimate of drug-likeness (QED) is 0.910. The summed E-state index contributed by atoms with van der Waals surface area (Å²) in [6.45, 7) is 4.98. The number of carbonyl (C=O) groups excluding carboxylic acids is 1. The molecule has 1 unspecified atom stereocenters. The highest BCUT2D eigenvalue weighted by atomic mass is 32.1. The van der Waals surface area contributed by atoms with Gasteiger partial charge in [-0.2, -0.15) is 0 Å². The Balaban J connectivity index is 1.59. The molecule has 1 aromatic heterocycles. The summed E-state index contributed by atoms with van der Waals surface area (Å²) >= 11 is 1.74. The van der Waals surface area contributed by atoms with E-state index >= 15 is 0 Å². The van der Waals surface area contributed by atoms with Crippen LogP contribution in [0.5, 0.6) is 0 Å². The number of rotatable bonds is 4. The summed E-state index contributed by atoms with van der Waals surface area (Å²) in [7, 11) is 0. The van der Waals surface area contributed by atoms with Gasteiger partial charge in [-0.3, -0.25) is 4.79 Å². The van der Waals surface area contributed by atoms with E-state index in [0.29, 0.717) is 6.54 Å². The van der Waals surface area contributed by atoms with E-state index < -0.39 is 0 Å². The number of fused-ring (bicyclic) bond motifs is 1. The molecule has 2 N–H and O–H groups in total. The molecule has 0 saturated carbocycles. The van der Waals surface area contributed by atoms with Crippen molar-refractivity contribution >= 4 is 22.9 Å². The Kier molecular flexibility index (Phi) is 3.72. The Morgan fingerprint density at radius 1 is 1.33 bits per heavy atom. The number of para-hydroxylation sites is 1. The van der Waals surface area contributed by atoms with E-state index in [0.717, 1.165) is 12.1 Å². The van der Waals surface area contributed by atoms with Gasteiger partial charge in [0, 0.05) is 28.9 Å². The third kappa shape index (κ3) is 2.95. The van der Waals surface area contributed by atoms with E-state index in [-0.39, 0.29) is 17.4 Å². The number of hydrogen-bond acceptors (Lipinski definition) is 3. The van der Waals surface area contributed by atoms with E-state index in [1.54, 1.807) is 11.3 Å². The molecule has 1 aliphatic rings. The van der Waals surface area contributed by atoms with Crippen LogP contribution in [-0.4, -0.2) is 18.5 Å². The van der Waals surface area contributed by atoms with Crippen LogP contribution < -0.4 is 10.6 Å². The van der Waals surface area contributed by atoms with Gasteiger partial charge >= 0.3 is 0 Å². The molecule has 2 heterocycles. The Hall–Kier alpha value is -1.81. The summed E-state index contributed by atoms with van der Waals surface area (Å²) in [6, 6.07) is 12.1. The fourth-order valence-electron chi connectivity index (χ4n) is 2.64. The van der Waals surface area contributed by atoms with Gasteiger partial charge in [0.05, 0.1) is 0 Å². The zero-order chi connectivity index (χ0) is 14.9. The number of benzene rings is 1. The lowest BCUT2D eigenvalue weighted by atomic mass is 9.91. The van der Waals surface area contributed by atoms with Crippen LogP contribution in [0.1, 0.15) is 24.3 Å². The second kappa shape index (κ2) is 5.53. The second-order valence-corrected chi connectivity index (χ2v) is 7.08. The predicted octanol–water partition coefficient (Wildman–Crippen LogP) is 3.18. The number of carbonyl (C=O) groups is 1. The lowest BCUT2D eigenvalue weighted by Gasteiger charge is -2.24. The van der Waals surface area contributed by atoms with Crippen molar-refractivity contribution in [3.8, 4) is 0 Å². The first-order chi connectivity index (χ1) is 10.1. The van der Waals surface area contributed by atoms with Gasteiger partial charge in [0.2, 0.25) is 5.91 Å². The van der Waals surface area contributed by atoms with Crippen molar-refractivity contribution in [3.63, 3.8) is 0 Å². The van der Waals surface area contributed by atoms with E-state index in [2.05, 4.69) is 48.1 Å². The third-order valence-electron chi connectivity index (χ3n) is 3.98. The summed E-state index contributed by atoms with van der Waals surface area (Å²) < 4.78 is 0. The van der Waals surface area contributed by atoms with Crippen molar-refractivity contribution in [2.24, 2.45) is 0 Å². The van der Waals surface area contributed by atoms with Gasteiger partial charge in [-0.1, -0.05) is 38.1 Å². The van der Waals surface area contributed by atoms with Gasteiger partial charge in [0.25, 0.3) is 0 Å². The second-order valence-electron chi connectivity index (χ2n) is 6.14. The SMILES string of the molecule is CC(C)(CNC(=O)C1Cc2ccccc2N1)c1cccs1. The van der Waals surface area contributed by atoms with Crippen molar-refractivity contribution in [2.75, 3.05) is 11.9 Å². The Bertz CT molecular complexity index is 609. The maximum Gasteiger partial charge on any atom is 0.242 e. The van der Waals surface area contributed by atoms with Crippen molar-refractivity contribution < 1.29 is 4.79 Å². The topological polar surface area (TPSA) is 41.1 Å². The molecule has 0 saturated heterocycles. The van der Waals surface area contributed by atoms with Gasteiger partial charge in [-0.25, -0.2) is 0 Å². The first-order valence-electron chi connectivity index (χ1n) is 7.22. The summed E-state index contributed by atoms with van der Waals surface area (Å²) in [6.07, 6.45) is 0.765. The van der Waals surface area contributed by atoms with Gasteiger partial charge in [-0.05, 0) is 23.1 Å².